The molecule has 0 fully saturated rings. The number of amides is 1. The van der Waals surface area contributed by atoms with E-state index in [-0.39, 0.29) is 12.5 Å². The number of hydrogen-bond acceptors (Lipinski definition) is 6. The van der Waals surface area contributed by atoms with Crippen LogP contribution in [-0.2, 0) is 19.1 Å². The Hall–Kier alpha value is -4.48. The molecule has 222 valence electrons. The molecule has 0 saturated heterocycles. The molecule has 0 heterocycles. The van der Waals surface area contributed by atoms with Crippen LogP contribution in [0.1, 0.15) is 50.7 Å². The number of nitrogens with one attached hydrogen (secondary N) is 1. The lowest BCUT2D eigenvalue weighted by molar-refractivity contribution is -0.155. The number of benzene rings is 3. The molecule has 3 aromatic carbocycles. The van der Waals surface area contributed by atoms with Crippen molar-refractivity contribution in [3.05, 3.63) is 88.7 Å². The van der Waals surface area contributed by atoms with Crippen LogP contribution in [-0.4, -0.2) is 36.3 Å². The largest absolute Gasteiger partial charge is 0.460 e. The van der Waals surface area contributed by atoms with Gasteiger partial charge in [-0.2, -0.15) is 8.78 Å². The van der Waals surface area contributed by atoms with Crippen LogP contribution in [0.25, 0.3) is 11.1 Å². The summed E-state index contributed by atoms with van der Waals surface area (Å²) >= 11 is 0. The van der Waals surface area contributed by atoms with Crippen molar-refractivity contribution in [2.24, 2.45) is 0 Å². The van der Waals surface area contributed by atoms with Gasteiger partial charge in [-0.15, -0.1) is 0 Å². The van der Waals surface area contributed by atoms with E-state index in [9.17, 15) is 36.3 Å². The minimum atomic E-state index is -2.44. The Kier molecular flexibility index (Phi) is 8.83. The Labute approximate surface area is 237 Å². The second kappa shape index (κ2) is 12.2. The van der Waals surface area contributed by atoms with E-state index in [1.54, 1.807) is 20.8 Å². The highest BCUT2D eigenvalue weighted by Crippen LogP contribution is 2.44. The van der Waals surface area contributed by atoms with Crippen molar-refractivity contribution in [3.8, 4) is 16.9 Å². The number of carbonyl (C=O) groups is 3. The molecule has 7 nitrogen and oxygen atoms in total. The van der Waals surface area contributed by atoms with Gasteiger partial charge < -0.3 is 19.5 Å². The maximum Gasteiger partial charge on any atom is 0.407 e. The van der Waals surface area contributed by atoms with Crippen LogP contribution in [0, 0.1) is 29.1 Å². The number of rotatable bonds is 8. The van der Waals surface area contributed by atoms with Crippen molar-refractivity contribution < 1.29 is 50.5 Å². The summed E-state index contributed by atoms with van der Waals surface area (Å²) in [6.45, 7) is 4.61. The molecule has 1 aliphatic rings. The van der Waals surface area contributed by atoms with Crippen LogP contribution in [0.15, 0.2) is 48.5 Å². The summed E-state index contributed by atoms with van der Waals surface area (Å²) in [6.07, 6.45) is -2.13. The summed E-state index contributed by atoms with van der Waals surface area (Å²) in [5, 5.41) is 2.16. The summed E-state index contributed by atoms with van der Waals surface area (Å²) in [7, 11) is 0. The van der Waals surface area contributed by atoms with Gasteiger partial charge in [-0.1, -0.05) is 48.5 Å². The average Bonchev–Trinajstić information content (AvgIpc) is 3.26. The monoisotopic (exact) mass is 591 g/mol. The molecule has 1 unspecified atom stereocenters. The first-order valence-electron chi connectivity index (χ1n) is 12.8. The first-order valence-corrected chi connectivity index (χ1v) is 12.8. The molecule has 42 heavy (non-hydrogen) atoms. The highest BCUT2D eigenvalue weighted by molar-refractivity contribution is 5.84. The lowest BCUT2D eigenvalue weighted by Crippen LogP contribution is -2.44. The van der Waals surface area contributed by atoms with Crippen LogP contribution in [0.3, 0.4) is 0 Å². The van der Waals surface area contributed by atoms with Crippen molar-refractivity contribution in [3.63, 3.8) is 0 Å². The standard InChI is InChI=1S/C30H26F5NO6/c1-30(2,3)42-21(37)13-12-20(28(38)41-27-25(34)23(32)22(31)24(33)26(27)35)36-29(39)40-14-19-17-10-6-4-8-15(17)16-9-5-7-11-18(16)19/h4-11,19-20H,12-14H2,1-3H3,(H,36,39). The van der Waals surface area contributed by atoms with Gasteiger partial charge in [0.25, 0.3) is 0 Å². The third-order valence-electron chi connectivity index (χ3n) is 6.35. The van der Waals surface area contributed by atoms with Gasteiger partial charge in [-0.3, -0.25) is 4.79 Å². The van der Waals surface area contributed by atoms with Gasteiger partial charge in [0, 0.05) is 12.3 Å². The van der Waals surface area contributed by atoms with Gasteiger partial charge in [-0.05, 0) is 49.4 Å². The van der Waals surface area contributed by atoms with E-state index in [0.717, 1.165) is 22.3 Å². The highest BCUT2D eigenvalue weighted by atomic mass is 19.2. The van der Waals surface area contributed by atoms with Crippen molar-refractivity contribution in [1.29, 1.82) is 0 Å². The number of halogens is 5. The molecule has 1 N–H and O–H groups in total. The van der Waals surface area contributed by atoms with Gasteiger partial charge >= 0.3 is 18.0 Å². The summed E-state index contributed by atoms with van der Waals surface area (Å²) in [5.74, 6) is -16.4. The lowest BCUT2D eigenvalue weighted by Gasteiger charge is -2.21. The zero-order valence-electron chi connectivity index (χ0n) is 22.7. The molecule has 1 atom stereocenters. The molecular formula is C30H26F5NO6. The Morgan fingerprint density at radius 2 is 1.31 bits per heavy atom. The minimum Gasteiger partial charge on any atom is -0.460 e. The van der Waals surface area contributed by atoms with Gasteiger partial charge in [0.05, 0.1) is 0 Å². The van der Waals surface area contributed by atoms with Crippen molar-refractivity contribution in [2.75, 3.05) is 6.61 Å². The van der Waals surface area contributed by atoms with E-state index in [4.69, 9.17) is 9.47 Å². The quantitative estimate of drug-likeness (QED) is 0.109. The smallest absolute Gasteiger partial charge is 0.407 e. The predicted octanol–water partition coefficient (Wildman–Crippen LogP) is 6.32. The number of ether oxygens (including phenoxy) is 3. The van der Waals surface area contributed by atoms with E-state index in [1.165, 1.54) is 0 Å². The van der Waals surface area contributed by atoms with E-state index >= 15 is 0 Å². The summed E-state index contributed by atoms with van der Waals surface area (Å²) in [4.78, 5) is 37.8. The summed E-state index contributed by atoms with van der Waals surface area (Å²) in [5.41, 5.74) is 2.84. The topological polar surface area (TPSA) is 90.9 Å². The molecule has 0 saturated carbocycles. The Morgan fingerprint density at radius 1 is 0.810 bits per heavy atom. The molecule has 0 aliphatic heterocycles. The Bertz CT molecular complexity index is 1460. The average molecular weight is 592 g/mol. The molecule has 4 rings (SSSR count). The zero-order chi connectivity index (χ0) is 30.8. The first-order chi connectivity index (χ1) is 19.8. The van der Waals surface area contributed by atoms with Crippen LogP contribution in [0.5, 0.6) is 5.75 Å². The maximum atomic E-state index is 14.1. The maximum absolute atomic E-state index is 14.1. The zero-order valence-corrected chi connectivity index (χ0v) is 22.7. The number of hydrogen-bond donors (Lipinski definition) is 1. The molecule has 0 bridgehead atoms. The minimum absolute atomic E-state index is 0.161. The fourth-order valence-electron chi connectivity index (χ4n) is 4.53. The Morgan fingerprint density at radius 3 is 1.83 bits per heavy atom. The SMILES string of the molecule is CC(C)(C)OC(=O)CCC(NC(=O)OCC1c2ccccc2-c2ccccc21)C(=O)Oc1c(F)c(F)c(F)c(F)c1F. The fraction of sp³-hybridized carbons (Fsp3) is 0.300. The number of esters is 2. The van der Waals surface area contributed by atoms with Crippen LogP contribution in [0.4, 0.5) is 26.7 Å². The Balaban J connectivity index is 1.50. The molecular weight excluding hydrogens is 565 g/mol. The van der Waals surface area contributed by atoms with Crippen LogP contribution >= 0.6 is 0 Å². The van der Waals surface area contributed by atoms with Crippen molar-refractivity contribution in [2.45, 2.75) is 51.2 Å². The van der Waals surface area contributed by atoms with E-state index in [1.807, 2.05) is 48.5 Å². The number of alkyl carbamates (subject to hydrolysis) is 1. The molecule has 1 aliphatic carbocycles. The van der Waals surface area contributed by atoms with Crippen LogP contribution in [0.2, 0.25) is 0 Å². The second-order valence-electron chi connectivity index (χ2n) is 10.5. The van der Waals surface area contributed by atoms with E-state index in [0.29, 0.717) is 0 Å². The van der Waals surface area contributed by atoms with E-state index in [2.05, 4.69) is 10.1 Å². The predicted molar refractivity (Wildman–Crippen MR) is 139 cm³/mol. The summed E-state index contributed by atoms with van der Waals surface area (Å²) < 4.78 is 84.0. The molecule has 0 aromatic heterocycles. The first kappa shape index (κ1) is 30.5. The molecule has 0 spiro atoms. The van der Waals surface area contributed by atoms with Gasteiger partial charge in [0.2, 0.25) is 34.8 Å². The van der Waals surface area contributed by atoms with Gasteiger partial charge in [-0.25, -0.2) is 22.8 Å². The highest BCUT2D eigenvalue weighted by Gasteiger charge is 2.33. The molecule has 1 amide bonds. The normalized spacial score (nSPS) is 13.1. The van der Waals surface area contributed by atoms with Gasteiger partial charge in [0.15, 0.2) is 0 Å². The molecule has 3 aromatic rings. The lowest BCUT2D eigenvalue weighted by atomic mass is 9.98. The third-order valence-corrected chi connectivity index (χ3v) is 6.35. The molecule has 0 radical (unpaired) electrons. The number of carbonyl (C=O) groups excluding carboxylic acids is 3. The van der Waals surface area contributed by atoms with E-state index < -0.39 is 77.4 Å². The van der Waals surface area contributed by atoms with Crippen LogP contribution < -0.4 is 10.1 Å². The molecule has 12 heteroatoms. The third kappa shape index (κ3) is 6.53. The van der Waals surface area contributed by atoms with Crippen molar-refractivity contribution in [1.82, 2.24) is 5.32 Å². The second-order valence-corrected chi connectivity index (χ2v) is 10.5. The summed E-state index contributed by atoms with van der Waals surface area (Å²) in [6, 6.07) is 13.2. The fourth-order valence-corrected chi connectivity index (χ4v) is 4.53. The van der Waals surface area contributed by atoms with Gasteiger partial charge in [0.1, 0.15) is 18.2 Å². The van der Waals surface area contributed by atoms with Crippen molar-refractivity contribution >= 4 is 18.0 Å². The number of fused-ring (bicyclic) bond motifs is 3.